The van der Waals surface area contributed by atoms with Crippen molar-refractivity contribution in [3.8, 4) is 0 Å². The van der Waals surface area contributed by atoms with Gasteiger partial charge in [0.25, 0.3) is 0 Å². The molecule has 1 saturated heterocycles. The molecule has 1 heterocycles. The summed E-state index contributed by atoms with van der Waals surface area (Å²) in [6, 6.07) is 7.73. The molecule has 17 heavy (non-hydrogen) atoms. The first-order valence-electron chi connectivity index (χ1n) is 5.85. The van der Waals surface area contributed by atoms with Crippen molar-refractivity contribution in [3.05, 3.63) is 34.9 Å². The number of carboxylic acid groups (broad SMARTS) is 1. The van der Waals surface area contributed by atoms with Crippen molar-refractivity contribution in [2.45, 2.75) is 19.4 Å². The largest absolute Gasteiger partial charge is 0.481 e. The molecule has 0 amide bonds. The molecule has 2 rings (SSSR count). The standard InChI is InChI=1S/C13H16ClNO2/c14-12-6-2-1-4-10(12)8-15-7-3-5-11(9-15)13(16)17/h1-2,4,6,11H,3,5,7-9H2,(H,16,17)/t11-/m1/s1. The number of aliphatic carboxylic acids is 1. The third-order valence-corrected chi connectivity index (χ3v) is 3.58. The topological polar surface area (TPSA) is 40.5 Å². The van der Waals surface area contributed by atoms with E-state index < -0.39 is 5.97 Å². The number of piperidine rings is 1. The summed E-state index contributed by atoms with van der Waals surface area (Å²) in [5.74, 6) is -0.917. The number of rotatable bonds is 3. The summed E-state index contributed by atoms with van der Waals surface area (Å²) in [5, 5.41) is 9.78. The smallest absolute Gasteiger partial charge is 0.307 e. The zero-order valence-electron chi connectivity index (χ0n) is 9.60. The van der Waals surface area contributed by atoms with Crippen molar-refractivity contribution in [1.29, 1.82) is 0 Å². The summed E-state index contributed by atoms with van der Waals surface area (Å²) in [5.41, 5.74) is 1.07. The Labute approximate surface area is 106 Å². The maximum Gasteiger partial charge on any atom is 0.307 e. The predicted octanol–water partition coefficient (Wildman–Crippen LogP) is 2.64. The molecule has 1 N–H and O–H groups in total. The number of hydrogen-bond donors (Lipinski definition) is 1. The Kier molecular flexibility index (Phi) is 4.02. The summed E-state index contributed by atoms with van der Waals surface area (Å²) >= 11 is 6.10. The van der Waals surface area contributed by atoms with Crippen LogP contribution in [0, 0.1) is 5.92 Å². The number of carbonyl (C=O) groups is 1. The summed E-state index contributed by atoms with van der Waals surface area (Å²) < 4.78 is 0. The number of likely N-dealkylation sites (tertiary alicyclic amines) is 1. The maximum atomic E-state index is 11.0. The van der Waals surface area contributed by atoms with E-state index in [9.17, 15) is 4.79 Å². The second-order valence-electron chi connectivity index (χ2n) is 4.50. The number of benzene rings is 1. The van der Waals surface area contributed by atoms with Crippen LogP contribution in [-0.2, 0) is 11.3 Å². The summed E-state index contributed by atoms with van der Waals surface area (Å²) in [4.78, 5) is 13.1. The molecular weight excluding hydrogens is 238 g/mol. The lowest BCUT2D eigenvalue weighted by molar-refractivity contribution is -0.143. The van der Waals surface area contributed by atoms with Crippen molar-refractivity contribution < 1.29 is 9.90 Å². The van der Waals surface area contributed by atoms with E-state index in [1.807, 2.05) is 24.3 Å². The van der Waals surface area contributed by atoms with E-state index in [0.717, 1.165) is 36.5 Å². The van der Waals surface area contributed by atoms with E-state index >= 15 is 0 Å². The molecule has 0 radical (unpaired) electrons. The van der Waals surface area contributed by atoms with Gasteiger partial charge in [-0.15, -0.1) is 0 Å². The van der Waals surface area contributed by atoms with Crippen LogP contribution in [0.15, 0.2) is 24.3 Å². The van der Waals surface area contributed by atoms with Gasteiger partial charge in [0.1, 0.15) is 0 Å². The lowest BCUT2D eigenvalue weighted by Gasteiger charge is -2.30. The van der Waals surface area contributed by atoms with E-state index in [0.29, 0.717) is 6.54 Å². The Hall–Kier alpha value is -1.06. The van der Waals surface area contributed by atoms with Gasteiger partial charge in [0, 0.05) is 18.1 Å². The molecule has 0 aromatic heterocycles. The molecule has 1 aromatic rings. The van der Waals surface area contributed by atoms with Gasteiger partial charge in [-0.3, -0.25) is 9.69 Å². The van der Waals surface area contributed by atoms with E-state index in [-0.39, 0.29) is 5.92 Å². The fourth-order valence-corrected chi connectivity index (χ4v) is 2.46. The predicted molar refractivity (Wildman–Crippen MR) is 67.1 cm³/mol. The molecule has 0 saturated carbocycles. The van der Waals surface area contributed by atoms with E-state index in [2.05, 4.69) is 4.90 Å². The summed E-state index contributed by atoms with van der Waals surface area (Å²) in [6.45, 7) is 2.32. The van der Waals surface area contributed by atoms with Gasteiger partial charge in [-0.25, -0.2) is 0 Å². The van der Waals surface area contributed by atoms with Gasteiger partial charge in [-0.2, -0.15) is 0 Å². The highest BCUT2D eigenvalue weighted by atomic mass is 35.5. The minimum absolute atomic E-state index is 0.230. The Morgan fingerprint density at radius 2 is 2.24 bits per heavy atom. The van der Waals surface area contributed by atoms with Crippen LogP contribution in [0.4, 0.5) is 0 Å². The molecule has 0 aliphatic carbocycles. The number of halogens is 1. The third-order valence-electron chi connectivity index (χ3n) is 3.21. The minimum Gasteiger partial charge on any atom is -0.481 e. The lowest BCUT2D eigenvalue weighted by atomic mass is 9.98. The molecule has 1 aliphatic rings. The van der Waals surface area contributed by atoms with Gasteiger partial charge in [0.15, 0.2) is 0 Å². The van der Waals surface area contributed by atoms with Gasteiger partial charge < -0.3 is 5.11 Å². The van der Waals surface area contributed by atoms with Crippen LogP contribution in [0.3, 0.4) is 0 Å². The quantitative estimate of drug-likeness (QED) is 0.900. The molecule has 0 bridgehead atoms. The normalized spacial score (nSPS) is 21.4. The van der Waals surface area contributed by atoms with Crippen LogP contribution >= 0.6 is 11.6 Å². The lowest BCUT2D eigenvalue weighted by Crippen LogP contribution is -2.38. The zero-order chi connectivity index (χ0) is 12.3. The molecule has 0 unspecified atom stereocenters. The molecular formula is C13H16ClNO2. The fraction of sp³-hybridized carbons (Fsp3) is 0.462. The highest BCUT2D eigenvalue weighted by Crippen LogP contribution is 2.22. The first kappa shape index (κ1) is 12.4. The highest BCUT2D eigenvalue weighted by Gasteiger charge is 2.25. The summed E-state index contributed by atoms with van der Waals surface area (Å²) in [6.07, 6.45) is 1.73. The molecule has 1 fully saturated rings. The Balaban J connectivity index is 1.99. The Morgan fingerprint density at radius 1 is 1.47 bits per heavy atom. The van der Waals surface area contributed by atoms with Crippen LogP contribution in [0.5, 0.6) is 0 Å². The van der Waals surface area contributed by atoms with Gasteiger partial charge in [-0.1, -0.05) is 29.8 Å². The van der Waals surface area contributed by atoms with Crippen LogP contribution in [0.2, 0.25) is 5.02 Å². The van der Waals surface area contributed by atoms with Crippen LogP contribution in [0.25, 0.3) is 0 Å². The second-order valence-corrected chi connectivity index (χ2v) is 4.91. The van der Waals surface area contributed by atoms with Crippen LogP contribution in [0.1, 0.15) is 18.4 Å². The van der Waals surface area contributed by atoms with Crippen molar-refractivity contribution in [1.82, 2.24) is 4.90 Å². The van der Waals surface area contributed by atoms with Crippen molar-refractivity contribution in [2.24, 2.45) is 5.92 Å². The van der Waals surface area contributed by atoms with Gasteiger partial charge in [-0.05, 0) is 31.0 Å². The Bertz CT molecular complexity index is 408. The monoisotopic (exact) mass is 253 g/mol. The van der Waals surface area contributed by atoms with Crippen LogP contribution < -0.4 is 0 Å². The molecule has 1 aromatic carbocycles. The molecule has 0 spiro atoms. The third kappa shape index (κ3) is 3.20. The van der Waals surface area contributed by atoms with Crippen molar-refractivity contribution >= 4 is 17.6 Å². The maximum absolute atomic E-state index is 11.0. The molecule has 1 aliphatic heterocycles. The number of hydrogen-bond acceptors (Lipinski definition) is 2. The number of carboxylic acids is 1. The van der Waals surface area contributed by atoms with Crippen molar-refractivity contribution in [2.75, 3.05) is 13.1 Å². The average Bonchev–Trinajstić information content (AvgIpc) is 2.32. The summed E-state index contributed by atoms with van der Waals surface area (Å²) in [7, 11) is 0. The fourth-order valence-electron chi connectivity index (χ4n) is 2.27. The molecule has 3 nitrogen and oxygen atoms in total. The first-order valence-corrected chi connectivity index (χ1v) is 6.23. The number of nitrogens with zero attached hydrogens (tertiary/aromatic N) is 1. The van der Waals surface area contributed by atoms with E-state index in [4.69, 9.17) is 16.7 Å². The first-order chi connectivity index (χ1) is 8.16. The molecule has 4 heteroatoms. The van der Waals surface area contributed by atoms with E-state index in [1.54, 1.807) is 0 Å². The van der Waals surface area contributed by atoms with Crippen LogP contribution in [-0.4, -0.2) is 29.1 Å². The van der Waals surface area contributed by atoms with E-state index in [1.165, 1.54) is 0 Å². The average molecular weight is 254 g/mol. The van der Waals surface area contributed by atoms with Gasteiger partial charge >= 0.3 is 5.97 Å². The van der Waals surface area contributed by atoms with Crippen molar-refractivity contribution in [3.63, 3.8) is 0 Å². The molecule has 92 valence electrons. The zero-order valence-corrected chi connectivity index (χ0v) is 10.4. The highest BCUT2D eigenvalue weighted by molar-refractivity contribution is 6.31. The second kappa shape index (κ2) is 5.52. The minimum atomic E-state index is -0.686. The van der Waals surface area contributed by atoms with Gasteiger partial charge in [0.05, 0.1) is 5.92 Å². The van der Waals surface area contributed by atoms with Gasteiger partial charge in [0.2, 0.25) is 0 Å². The molecule has 1 atom stereocenters. The Morgan fingerprint density at radius 3 is 2.94 bits per heavy atom. The SMILES string of the molecule is O=C(O)[C@@H]1CCCN(Cc2ccccc2Cl)C1.